The SMILES string of the molecule is CCCC/C=C/CCCCCCCC(=O)OC[C@H](COP(=O)(O)OC[C@@H](O)CO)OC(=O)CC/C=C/C/C=C/C/C=C/C/C=C/C/C=C/CCCCC. The lowest BCUT2D eigenvalue weighted by molar-refractivity contribution is -0.161. The second-order valence-electron chi connectivity index (χ2n) is 12.9. The molecule has 0 amide bonds. The van der Waals surface area contributed by atoms with E-state index in [0.29, 0.717) is 12.8 Å². The zero-order valence-corrected chi connectivity index (χ0v) is 33.6. The van der Waals surface area contributed by atoms with Gasteiger partial charge in [-0.15, -0.1) is 0 Å². The lowest BCUT2D eigenvalue weighted by atomic mass is 10.1. The summed E-state index contributed by atoms with van der Waals surface area (Å²) in [5, 5.41) is 18.3. The van der Waals surface area contributed by atoms with Crippen LogP contribution in [-0.4, -0.2) is 65.7 Å². The highest BCUT2D eigenvalue weighted by atomic mass is 31.2. The van der Waals surface area contributed by atoms with Gasteiger partial charge in [0.05, 0.1) is 19.8 Å². The van der Waals surface area contributed by atoms with Crippen LogP contribution in [0, 0.1) is 0 Å². The molecule has 0 aromatic rings. The van der Waals surface area contributed by atoms with E-state index < -0.39 is 51.8 Å². The molecule has 0 aliphatic rings. The fourth-order valence-electron chi connectivity index (χ4n) is 4.72. The fourth-order valence-corrected chi connectivity index (χ4v) is 5.51. The van der Waals surface area contributed by atoms with Crippen molar-refractivity contribution in [2.24, 2.45) is 0 Å². The molecule has 0 rings (SSSR count). The van der Waals surface area contributed by atoms with Crippen molar-refractivity contribution in [1.29, 1.82) is 0 Å². The van der Waals surface area contributed by atoms with E-state index in [-0.39, 0.29) is 19.4 Å². The van der Waals surface area contributed by atoms with Gasteiger partial charge < -0.3 is 24.6 Å². The van der Waals surface area contributed by atoms with Crippen molar-refractivity contribution in [1.82, 2.24) is 0 Å². The summed E-state index contributed by atoms with van der Waals surface area (Å²) in [6, 6.07) is 0. The molecule has 3 N–H and O–H groups in total. The van der Waals surface area contributed by atoms with Crippen LogP contribution in [0.5, 0.6) is 0 Å². The molecule has 0 heterocycles. The Morgan fingerprint density at radius 1 is 0.566 bits per heavy atom. The molecule has 0 saturated carbocycles. The summed E-state index contributed by atoms with van der Waals surface area (Å²) in [4.78, 5) is 34.8. The van der Waals surface area contributed by atoms with Gasteiger partial charge in [0.15, 0.2) is 6.10 Å². The quantitative estimate of drug-likeness (QED) is 0.0243. The van der Waals surface area contributed by atoms with Crippen LogP contribution in [0.4, 0.5) is 0 Å². The number of rotatable bonds is 36. The number of hydrogen-bond acceptors (Lipinski definition) is 9. The van der Waals surface area contributed by atoms with Gasteiger partial charge in [0.25, 0.3) is 0 Å². The lowest BCUT2D eigenvalue weighted by Crippen LogP contribution is -2.29. The number of esters is 2. The molecule has 0 aliphatic heterocycles. The summed E-state index contributed by atoms with van der Waals surface area (Å²) in [6.07, 6.45) is 41.7. The van der Waals surface area contributed by atoms with Crippen molar-refractivity contribution >= 4 is 19.8 Å². The topological polar surface area (TPSA) is 149 Å². The number of phosphoric ester groups is 1. The summed E-state index contributed by atoms with van der Waals surface area (Å²) in [5.41, 5.74) is 0. The summed E-state index contributed by atoms with van der Waals surface area (Å²) < 4.78 is 32.5. The maximum Gasteiger partial charge on any atom is 0.472 e. The average Bonchev–Trinajstić information content (AvgIpc) is 3.14. The Hall–Kier alpha value is -2.59. The van der Waals surface area contributed by atoms with Crippen molar-refractivity contribution in [2.75, 3.05) is 26.4 Å². The second-order valence-corrected chi connectivity index (χ2v) is 14.4. The third kappa shape index (κ3) is 37.5. The van der Waals surface area contributed by atoms with E-state index in [9.17, 15) is 24.2 Å². The minimum atomic E-state index is -4.64. The lowest BCUT2D eigenvalue weighted by Gasteiger charge is -2.20. The Labute approximate surface area is 320 Å². The standard InChI is InChI=1S/C42H71O10P/c1-3-5-7-9-11-13-15-16-17-18-19-20-21-22-24-26-28-30-32-34-42(46)52-40(38-51-53(47,48)50-36-39(44)35-43)37-49-41(45)33-31-29-27-25-23-14-12-10-8-6-4-2/h10-13,16-17,19-20,22,24,28,30,39-40,43-44H,3-9,14-15,18,21,23,25-27,29,31-38H2,1-2H3,(H,47,48)/b12-10+,13-11+,17-16+,20-19+,24-22+,30-28+/t39-,40+/m0/s1. The van der Waals surface area contributed by atoms with Crippen LogP contribution in [0.25, 0.3) is 0 Å². The van der Waals surface area contributed by atoms with Crippen molar-refractivity contribution in [2.45, 2.75) is 154 Å². The number of ether oxygens (including phenoxy) is 2. The molecule has 304 valence electrons. The minimum absolute atomic E-state index is 0.0556. The molecule has 53 heavy (non-hydrogen) atoms. The monoisotopic (exact) mass is 766 g/mol. The molecule has 0 bridgehead atoms. The number of carbonyl (C=O) groups is 2. The van der Waals surface area contributed by atoms with Gasteiger partial charge in [0.2, 0.25) is 0 Å². The molecule has 0 spiro atoms. The van der Waals surface area contributed by atoms with Crippen LogP contribution in [0.15, 0.2) is 72.9 Å². The summed E-state index contributed by atoms with van der Waals surface area (Å²) in [6.45, 7) is 2.19. The van der Waals surface area contributed by atoms with Gasteiger partial charge in [0.1, 0.15) is 12.7 Å². The van der Waals surface area contributed by atoms with Gasteiger partial charge in [-0.05, 0) is 70.6 Å². The molecule has 10 nitrogen and oxygen atoms in total. The predicted molar refractivity (Wildman–Crippen MR) is 214 cm³/mol. The van der Waals surface area contributed by atoms with Gasteiger partial charge in [0, 0.05) is 12.8 Å². The van der Waals surface area contributed by atoms with Crippen molar-refractivity contribution in [3.8, 4) is 0 Å². The number of phosphoric acid groups is 1. The minimum Gasteiger partial charge on any atom is -0.462 e. The first-order valence-electron chi connectivity index (χ1n) is 19.9. The zero-order valence-electron chi connectivity index (χ0n) is 32.7. The Bertz CT molecular complexity index is 1110. The molecule has 0 fully saturated rings. The number of hydrogen-bond donors (Lipinski definition) is 3. The maximum atomic E-state index is 12.5. The van der Waals surface area contributed by atoms with Crippen LogP contribution in [0.1, 0.15) is 142 Å². The molecule has 0 aromatic carbocycles. The highest BCUT2D eigenvalue weighted by Gasteiger charge is 2.27. The van der Waals surface area contributed by atoms with Crippen molar-refractivity contribution in [3.05, 3.63) is 72.9 Å². The van der Waals surface area contributed by atoms with Gasteiger partial charge in [-0.3, -0.25) is 18.6 Å². The van der Waals surface area contributed by atoms with Crippen molar-refractivity contribution < 1.29 is 47.8 Å². The van der Waals surface area contributed by atoms with E-state index in [4.69, 9.17) is 19.1 Å². The molecule has 0 radical (unpaired) electrons. The average molecular weight is 767 g/mol. The van der Waals surface area contributed by atoms with E-state index in [2.05, 4.69) is 79.1 Å². The highest BCUT2D eigenvalue weighted by Crippen LogP contribution is 2.43. The Morgan fingerprint density at radius 2 is 1.04 bits per heavy atom. The van der Waals surface area contributed by atoms with Gasteiger partial charge in [-0.25, -0.2) is 4.57 Å². The highest BCUT2D eigenvalue weighted by molar-refractivity contribution is 7.47. The molecular weight excluding hydrogens is 695 g/mol. The molecule has 0 saturated heterocycles. The van der Waals surface area contributed by atoms with Crippen LogP contribution >= 0.6 is 7.82 Å². The fraction of sp³-hybridized carbons (Fsp3) is 0.667. The number of unbranched alkanes of at least 4 members (excludes halogenated alkanes) is 10. The Balaban J connectivity index is 4.50. The molecular formula is C42H71O10P. The molecule has 3 atom stereocenters. The first-order chi connectivity index (χ1) is 25.7. The molecule has 11 heteroatoms. The van der Waals surface area contributed by atoms with Gasteiger partial charge >= 0.3 is 19.8 Å². The van der Waals surface area contributed by atoms with Crippen LogP contribution in [0.2, 0.25) is 0 Å². The number of aliphatic hydroxyl groups is 2. The maximum absolute atomic E-state index is 12.5. The number of aliphatic hydroxyl groups excluding tert-OH is 2. The zero-order chi connectivity index (χ0) is 39.1. The summed E-state index contributed by atoms with van der Waals surface area (Å²) >= 11 is 0. The Morgan fingerprint density at radius 3 is 1.62 bits per heavy atom. The second kappa shape index (κ2) is 37.7. The van der Waals surface area contributed by atoms with Crippen LogP contribution in [0.3, 0.4) is 0 Å². The van der Waals surface area contributed by atoms with Gasteiger partial charge in [-0.1, -0.05) is 132 Å². The smallest absolute Gasteiger partial charge is 0.462 e. The van der Waals surface area contributed by atoms with Crippen LogP contribution < -0.4 is 0 Å². The molecule has 0 aromatic heterocycles. The third-order valence-corrected chi connectivity index (χ3v) is 8.80. The molecule has 1 unspecified atom stereocenters. The van der Waals surface area contributed by atoms with E-state index in [1.165, 1.54) is 38.5 Å². The number of carbonyl (C=O) groups excluding carboxylic acids is 2. The largest absolute Gasteiger partial charge is 0.472 e. The first-order valence-corrected chi connectivity index (χ1v) is 21.4. The first kappa shape index (κ1) is 50.4. The normalized spacial score (nSPS) is 14.7. The molecule has 0 aliphatic carbocycles. The van der Waals surface area contributed by atoms with Gasteiger partial charge in [-0.2, -0.15) is 0 Å². The van der Waals surface area contributed by atoms with E-state index in [0.717, 1.165) is 64.2 Å². The van der Waals surface area contributed by atoms with E-state index in [1.54, 1.807) is 0 Å². The summed E-state index contributed by atoms with van der Waals surface area (Å²) in [5.74, 6) is -1.04. The summed E-state index contributed by atoms with van der Waals surface area (Å²) in [7, 11) is -4.64. The van der Waals surface area contributed by atoms with Crippen molar-refractivity contribution in [3.63, 3.8) is 0 Å². The van der Waals surface area contributed by atoms with E-state index >= 15 is 0 Å². The Kier molecular flexibility index (Phi) is 35.9. The third-order valence-electron chi connectivity index (χ3n) is 7.85. The van der Waals surface area contributed by atoms with Crippen LogP contribution in [-0.2, 0) is 32.7 Å². The predicted octanol–water partition coefficient (Wildman–Crippen LogP) is 10.1. The number of allylic oxidation sites excluding steroid dienone is 12. The van der Waals surface area contributed by atoms with E-state index in [1.807, 2.05) is 12.2 Å².